The highest BCUT2D eigenvalue weighted by molar-refractivity contribution is 5.79. The first-order valence-corrected chi connectivity index (χ1v) is 7.18. The van der Waals surface area contributed by atoms with Gasteiger partial charge in [0, 0.05) is 24.9 Å². The van der Waals surface area contributed by atoms with Crippen molar-refractivity contribution in [2.75, 3.05) is 13.1 Å². The van der Waals surface area contributed by atoms with Crippen LogP contribution in [0.15, 0.2) is 0 Å². The quantitative estimate of drug-likeness (QED) is 0.699. The number of ether oxygens (including phenoxy) is 1. The molecule has 1 aliphatic carbocycles. The van der Waals surface area contributed by atoms with Crippen LogP contribution in [-0.4, -0.2) is 36.1 Å². The van der Waals surface area contributed by atoms with E-state index in [4.69, 9.17) is 4.74 Å². The summed E-state index contributed by atoms with van der Waals surface area (Å²) in [5.74, 6) is 1.37. The highest BCUT2D eigenvalue weighted by Crippen LogP contribution is 2.34. The van der Waals surface area contributed by atoms with Crippen molar-refractivity contribution in [1.29, 1.82) is 0 Å². The van der Waals surface area contributed by atoms with Gasteiger partial charge in [0.15, 0.2) is 0 Å². The van der Waals surface area contributed by atoms with Gasteiger partial charge in [0.05, 0.1) is 12.2 Å². The van der Waals surface area contributed by atoms with Crippen molar-refractivity contribution in [2.45, 2.75) is 57.7 Å². The third-order valence-electron chi connectivity index (χ3n) is 4.72. The van der Waals surface area contributed by atoms with Crippen LogP contribution in [0, 0.1) is 11.8 Å². The van der Waals surface area contributed by atoms with Crippen LogP contribution < -0.4 is 0 Å². The molecule has 0 unspecified atom stereocenters. The van der Waals surface area contributed by atoms with Crippen LogP contribution in [-0.2, 0) is 9.53 Å². The number of hydrogen-bond donors (Lipinski definition) is 0. The molecule has 0 spiro atoms. The molecule has 3 fully saturated rings. The van der Waals surface area contributed by atoms with E-state index in [0.29, 0.717) is 30.0 Å². The van der Waals surface area contributed by atoms with Crippen LogP contribution in [0.2, 0.25) is 0 Å². The number of piperidine rings is 1. The highest BCUT2D eigenvalue weighted by Gasteiger charge is 2.39. The second-order valence-electron chi connectivity index (χ2n) is 6.04. The van der Waals surface area contributed by atoms with Gasteiger partial charge in [0.25, 0.3) is 0 Å². The van der Waals surface area contributed by atoms with Crippen molar-refractivity contribution < 1.29 is 9.53 Å². The normalized spacial score (nSPS) is 38.4. The lowest BCUT2D eigenvalue weighted by Gasteiger charge is -2.35. The maximum Gasteiger partial charge on any atom is 0.225 e. The summed E-state index contributed by atoms with van der Waals surface area (Å²) in [5.41, 5.74) is 0. The molecule has 3 rings (SSSR count). The van der Waals surface area contributed by atoms with Gasteiger partial charge in [-0.1, -0.05) is 12.8 Å². The Morgan fingerprint density at radius 3 is 2.76 bits per heavy atom. The Hall–Kier alpha value is -0.570. The first kappa shape index (κ1) is 11.5. The van der Waals surface area contributed by atoms with E-state index in [0.717, 1.165) is 38.8 Å². The van der Waals surface area contributed by atoms with Gasteiger partial charge in [-0.15, -0.1) is 0 Å². The zero-order chi connectivity index (χ0) is 11.8. The summed E-state index contributed by atoms with van der Waals surface area (Å²) in [6.45, 7) is 4.02. The fraction of sp³-hybridized carbons (Fsp3) is 0.929. The van der Waals surface area contributed by atoms with E-state index >= 15 is 0 Å². The summed E-state index contributed by atoms with van der Waals surface area (Å²) in [4.78, 5) is 14.5. The highest BCUT2D eigenvalue weighted by atomic mass is 16.5. The summed E-state index contributed by atoms with van der Waals surface area (Å²) in [7, 11) is 0. The first-order valence-electron chi connectivity index (χ1n) is 7.18. The van der Waals surface area contributed by atoms with Gasteiger partial charge in [-0.2, -0.15) is 0 Å². The Kier molecular flexibility index (Phi) is 3.12. The summed E-state index contributed by atoms with van der Waals surface area (Å²) in [6, 6.07) is 0. The monoisotopic (exact) mass is 237 g/mol. The van der Waals surface area contributed by atoms with Gasteiger partial charge in [-0.05, 0) is 32.6 Å². The Balaban J connectivity index is 1.60. The summed E-state index contributed by atoms with van der Waals surface area (Å²) in [5, 5.41) is 0. The van der Waals surface area contributed by atoms with Gasteiger partial charge in [-0.3, -0.25) is 4.79 Å². The van der Waals surface area contributed by atoms with E-state index in [2.05, 4.69) is 11.8 Å². The minimum Gasteiger partial charge on any atom is -0.375 e. The molecule has 1 amide bonds. The molecule has 0 aromatic carbocycles. The predicted octanol–water partition coefficient (Wildman–Crippen LogP) is 2.20. The zero-order valence-electron chi connectivity index (χ0n) is 10.7. The Morgan fingerprint density at radius 1 is 1.24 bits per heavy atom. The first-order chi connectivity index (χ1) is 8.24. The van der Waals surface area contributed by atoms with Gasteiger partial charge >= 0.3 is 0 Å². The SMILES string of the molecule is C[C@@H]1C[C@@H]2CN(C(=O)C3CCCC3)CC[C@H]2O1. The molecule has 0 aromatic heterocycles. The lowest BCUT2D eigenvalue weighted by Crippen LogP contribution is -2.46. The van der Waals surface area contributed by atoms with Crippen molar-refractivity contribution in [3.8, 4) is 0 Å². The maximum absolute atomic E-state index is 12.4. The average Bonchev–Trinajstić information content (AvgIpc) is 2.94. The summed E-state index contributed by atoms with van der Waals surface area (Å²) < 4.78 is 5.88. The number of fused-ring (bicyclic) bond motifs is 1. The average molecular weight is 237 g/mol. The van der Waals surface area contributed by atoms with Crippen LogP contribution in [0.25, 0.3) is 0 Å². The van der Waals surface area contributed by atoms with Crippen LogP contribution in [0.4, 0.5) is 0 Å². The fourth-order valence-electron chi connectivity index (χ4n) is 3.83. The second-order valence-corrected chi connectivity index (χ2v) is 6.04. The number of carbonyl (C=O) groups excluding carboxylic acids is 1. The standard InChI is InChI=1S/C14H23NO2/c1-10-8-12-9-15(7-6-13(12)17-10)14(16)11-4-2-3-5-11/h10-13H,2-9H2,1H3/t10-,12-,13-/m1/s1. The molecule has 17 heavy (non-hydrogen) atoms. The Bertz CT molecular complexity index is 299. The van der Waals surface area contributed by atoms with Crippen molar-refractivity contribution >= 4 is 5.91 Å². The minimum atomic E-state index is 0.339. The number of carbonyl (C=O) groups is 1. The number of likely N-dealkylation sites (tertiary alicyclic amines) is 1. The largest absolute Gasteiger partial charge is 0.375 e. The molecular formula is C14H23NO2. The maximum atomic E-state index is 12.4. The lowest BCUT2D eigenvalue weighted by atomic mass is 9.92. The lowest BCUT2D eigenvalue weighted by molar-refractivity contribution is -0.138. The van der Waals surface area contributed by atoms with E-state index in [-0.39, 0.29) is 0 Å². The van der Waals surface area contributed by atoms with E-state index in [1.807, 2.05) is 0 Å². The number of amides is 1. The van der Waals surface area contributed by atoms with Crippen molar-refractivity contribution in [1.82, 2.24) is 4.90 Å². The Morgan fingerprint density at radius 2 is 2.00 bits per heavy atom. The molecule has 96 valence electrons. The molecule has 0 aromatic rings. The van der Waals surface area contributed by atoms with E-state index in [1.165, 1.54) is 12.8 Å². The molecular weight excluding hydrogens is 214 g/mol. The smallest absolute Gasteiger partial charge is 0.225 e. The molecule has 1 saturated carbocycles. The van der Waals surface area contributed by atoms with Crippen molar-refractivity contribution in [3.05, 3.63) is 0 Å². The van der Waals surface area contributed by atoms with Crippen molar-refractivity contribution in [2.24, 2.45) is 11.8 Å². The zero-order valence-corrected chi connectivity index (χ0v) is 10.7. The molecule has 2 heterocycles. The van der Waals surface area contributed by atoms with Gasteiger partial charge in [-0.25, -0.2) is 0 Å². The van der Waals surface area contributed by atoms with Gasteiger partial charge in [0.2, 0.25) is 5.91 Å². The van der Waals surface area contributed by atoms with Crippen LogP contribution in [0.5, 0.6) is 0 Å². The number of hydrogen-bond acceptors (Lipinski definition) is 2. The van der Waals surface area contributed by atoms with E-state index in [1.54, 1.807) is 0 Å². The predicted molar refractivity (Wildman–Crippen MR) is 65.6 cm³/mol. The number of nitrogens with zero attached hydrogens (tertiary/aromatic N) is 1. The molecule has 3 aliphatic rings. The van der Waals surface area contributed by atoms with Crippen LogP contribution >= 0.6 is 0 Å². The number of rotatable bonds is 1. The minimum absolute atomic E-state index is 0.339. The van der Waals surface area contributed by atoms with E-state index in [9.17, 15) is 4.79 Å². The third-order valence-corrected chi connectivity index (χ3v) is 4.72. The van der Waals surface area contributed by atoms with Crippen molar-refractivity contribution in [3.63, 3.8) is 0 Å². The van der Waals surface area contributed by atoms with Crippen LogP contribution in [0.3, 0.4) is 0 Å². The summed E-state index contributed by atoms with van der Waals surface area (Å²) >= 11 is 0. The second kappa shape index (κ2) is 4.60. The summed E-state index contributed by atoms with van der Waals surface area (Å²) in [6.07, 6.45) is 7.75. The molecule has 3 heteroatoms. The van der Waals surface area contributed by atoms with Gasteiger partial charge < -0.3 is 9.64 Å². The molecule has 0 radical (unpaired) electrons. The van der Waals surface area contributed by atoms with E-state index < -0.39 is 0 Å². The molecule has 3 nitrogen and oxygen atoms in total. The van der Waals surface area contributed by atoms with Crippen LogP contribution in [0.1, 0.15) is 45.4 Å². The molecule has 0 bridgehead atoms. The fourth-order valence-corrected chi connectivity index (χ4v) is 3.83. The van der Waals surface area contributed by atoms with Gasteiger partial charge in [0.1, 0.15) is 0 Å². The molecule has 2 aliphatic heterocycles. The third kappa shape index (κ3) is 2.22. The molecule has 2 saturated heterocycles. The Labute approximate surface area is 104 Å². The molecule has 0 N–H and O–H groups in total. The topological polar surface area (TPSA) is 29.5 Å². The molecule has 3 atom stereocenters.